The van der Waals surface area contributed by atoms with Crippen LogP contribution in [0.2, 0.25) is 19.6 Å². The van der Waals surface area contributed by atoms with E-state index in [0.29, 0.717) is 18.6 Å². The van der Waals surface area contributed by atoms with Crippen molar-refractivity contribution in [2.45, 2.75) is 83.3 Å². The minimum Gasteiger partial charge on any atom is -0.466 e. The average molecular weight is 507 g/mol. The zero-order chi connectivity index (χ0) is 26.7. The molecule has 0 saturated carbocycles. The summed E-state index contributed by atoms with van der Waals surface area (Å²) >= 11 is 0. The summed E-state index contributed by atoms with van der Waals surface area (Å²) < 4.78 is 10.7. The Hall–Kier alpha value is -2.88. The van der Waals surface area contributed by atoms with Crippen LogP contribution >= 0.6 is 0 Å². The van der Waals surface area contributed by atoms with Crippen molar-refractivity contribution in [3.05, 3.63) is 70.3 Å². The van der Waals surface area contributed by atoms with Gasteiger partial charge in [-0.15, -0.1) is 0 Å². The SMILES string of the molecule is CCOC(=O)CC1(O)CCC(C)(C)c2cc(C#Cc3ccc(C(=O)OC(C)[Si](C)(C)C)cc3)ccc21. The third kappa shape index (κ3) is 6.46. The molecule has 0 aromatic heterocycles. The summed E-state index contributed by atoms with van der Waals surface area (Å²) in [6.07, 6.45) is 1.20. The second-order valence-electron chi connectivity index (χ2n) is 11.4. The summed E-state index contributed by atoms with van der Waals surface area (Å²) in [7, 11) is -1.56. The molecule has 2 aromatic carbocycles. The fourth-order valence-electron chi connectivity index (χ4n) is 4.25. The maximum Gasteiger partial charge on any atom is 0.338 e. The molecule has 0 heterocycles. The van der Waals surface area contributed by atoms with Crippen LogP contribution in [-0.4, -0.2) is 37.5 Å². The van der Waals surface area contributed by atoms with E-state index in [-0.39, 0.29) is 23.5 Å². The van der Waals surface area contributed by atoms with Crippen LogP contribution in [0, 0.1) is 11.8 Å². The van der Waals surface area contributed by atoms with Gasteiger partial charge in [-0.25, -0.2) is 4.79 Å². The van der Waals surface area contributed by atoms with Gasteiger partial charge in [-0.05, 0) is 79.6 Å². The van der Waals surface area contributed by atoms with Crippen LogP contribution < -0.4 is 0 Å². The highest BCUT2D eigenvalue weighted by molar-refractivity contribution is 6.77. The smallest absolute Gasteiger partial charge is 0.338 e. The maximum absolute atomic E-state index is 12.5. The molecule has 2 unspecified atom stereocenters. The topological polar surface area (TPSA) is 72.8 Å². The molecular formula is C30H38O5Si. The van der Waals surface area contributed by atoms with Crippen LogP contribution in [0.15, 0.2) is 42.5 Å². The van der Waals surface area contributed by atoms with E-state index in [9.17, 15) is 14.7 Å². The van der Waals surface area contributed by atoms with Crippen molar-refractivity contribution >= 4 is 20.0 Å². The van der Waals surface area contributed by atoms with Crippen LogP contribution in [0.4, 0.5) is 0 Å². The van der Waals surface area contributed by atoms with Gasteiger partial charge in [0.1, 0.15) is 5.60 Å². The van der Waals surface area contributed by atoms with Crippen molar-refractivity contribution in [2.24, 2.45) is 0 Å². The molecule has 1 aliphatic rings. The zero-order valence-electron chi connectivity index (χ0n) is 22.5. The summed E-state index contributed by atoms with van der Waals surface area (Å²) in [5.41, 5.74) is 2.46. The van der Waals surface area contributed by atoms with E-state index in [1.54, 1.807) is 19.1 Å². The lowest BCUT2D eigenvalue weighted by Gasteiger charge is -2.42. The molecule has 1 aliphatic carbocycles. The molecule has 3 rings (SSSR count). The number of aliphatic hydroxyl groups is 1. The minimum absolute atomic E-state index is 0.0551. The van der Waals surface area contributed by atoms with E-state index in [0.717, 1.165) is 28.7 Å². The second kappa shape index (κ2) is 10.6. The molecular weight excluding hydrogens is 468 g/mol. The average Bonchev–Trinajstić information content (AvgIpc) is 2.80. The van der Waals surface area contributed by atoms with Crippen molar-refractivity contribution in [2.75, 3.05) is 6.61 Å². The van der Waals surface area contributed by atoms with Gasteiger partial charge in [0.2, 0.25) is 0 Å². The van der Waals surface area contributed by atoms with Crippen molar-refractivity contribution in [1.82, 2.24) is 0 Å². The Morgan fingerprint density at radius 3 is 2.22 bits per heavy atom. The Morgan fingerprint density at radius 2 is 1.61 bits per heavy atom. The summed E-state index contributed by atoms with van der Waals surface area (Å²) in [6, 6.07) is 12.9. The highest BCUT2D eigenvalue weighted by Crippen LogP contribution is 2.46. The molecule has 1 N–H and O–H groups in total. The van der Waals surface area contributed by atoms with E-state index in [2.05, 4.69) is 45.3 Å². The Labute approximate surface area is 216 Å². The second-order valence-corrected chi connectivity index (χ2v) is 16.9. The number of hydrogen-bond donors (Lipinski definition) is 1. The van der Waals surface area contributed by atoms with E-state index in [4.69, 9.17) is 9.47 Å². The van der Waals surface area contributed by atoms with Gasteiger partial charge in [-0.1, -0.05) is 51.4 Å². The molecule has 6 heteroatoms. The standard InChI is InChI=1S/C30H38O5Si/c1-8-34-27(31)20-30(33)18-17-29(3,4)26-19-23(13-16-25(26)30)10-9-22-11-14-24(15-12-22)28(32)35-21(2)36(5,6)7/h11-16,19,21,33H,8,17-18,20H2,1-7H3. The molecule has 0 spiro atoms. The summed E-state index contributed by atoms with van der Waals surface area (Å²) in [4.78, 5) is 24.6. The molecule has 0 saturated heterocycles. The quantitative estimate of drug-likeness (QED) is 0.308. The van der Waals surface area contributed by atoms with Crippen molar-refractivity contribution < 1.29 is 24.2 Å². The number of rotatable bonds is 6. The third-order valence-corrected chi connectivity index (χ3v) is 9.69. The first-order valence-electron chi connectivity index (χ1n) is 12.6. The van der Waals surface area contributed by atoms with E-state index in [1.807, 2.05) is 37.3 Å². The first kappa shape index (κ1) is 27.7. The Kier molecular flexibility index (Phi) is 8.17. The van der Waals surface area contributed by atoms with Crippen LogP contribution in [-0.2, 0) is 25.3 Å². The highest BCUT2D eigenvalue weighted by atomic mass is 28.3. The summed E-state index contributed by atoms with van der Waals surface area (Å²) in [5.74, 6) is 5.67. The lowest BCUT2D eigenvalue weighted by Crippen LogP contribution is -2.39. The molecule has 0 bridgehead atoms. The first-order chi connectivity index (χ1) is 16.7. The number of carbonyl (C=O) groups excluding carboxylic acids is 2. The van der Waals surface area contributed by atoms with Crippen LogP contribution in [0.5, 0.6) is 0 Å². The Balaban J connectivity index is 1.81. The van der Waals surface area contributed by atoms with Gasteiger partial charge >= 0.3 is 11.9 Å². The van der Waals surface area contributed by atoms with Crippen LogP contribution in [0.25, 0.3) is 0 Å². The highest BCUT2D eigenvalue weighted by Gasteiger charge is 2.43. The third-order valence-electron chi connectivity index (χ3n) is 7.13. The zero-order valence-corrected chi connectivity index (χ0v) is 23.5. The van der Waals surface area contributed by atoms with Gasteiger partial charge in [-0.2, -0.15) is 0 Å². The largest absolute Gasteiger partial charge is 0.466 e. The molecule has 5 nitrogen and oxygen atoms in total. The normalized spacial score (nSPS) is 19.3. The number of carbonyl (C=O) groups is 2. The van der Waals surface area contributed by atoms with Gasteiger partial charge < -0.3 is 14.6 Å². The van der Waals surface area contributed by atoms with Gasteiger partial charge in [-0.3, -0.25) is 4.79 Å². The number of ether oxygens (including phenoxy) is 2. The molecule has 0 fully saturated rings. The molecule has 0 aliphatic heterocycles. The van der Waals surface area contributed by atoms with E-state index < -0.39 is 19.6 Å². The fraction of sp³-hybridized carbons (Fsp3) is 0.467. The van der Waals surface area contributed by atoms with E-state index >= 15 is 0 Å². The minimum atomic E-state index is -1.56. The molecule has 2 aromatic rings. The predicted octanol–water partition coefficient (Wildman–Crippen LogP) is 5.72. The number of hydrogen-bond acceptors (Lipinski definition) is 5. The fourth-order valence-corrected chi connectivity index (χ4v) is 4.71. The van der Waals surface area contributed by atoms with Gasteiger partial charge in [0.15, 0.2) is 0 Å². The first-order valence-corrected chi connectivity index (χ1v) is 16.2. The van der Waals surface area contributed by atoms with Crippen molar-refractivity contribution in [3.8, 4) is 11.8 Å². The monoisotopic (exact) mass is 506 g/mol. The van der Waals surface area contributed by atoms with Crippen LogP contribution in [0.1, 0.15) is 79.6 Å². The lowest BCUT2D eigenvalue weighted by atomic mass is 9.65. The Morgan fingerprint density at radius 1 is 1.00 bits per heavy atom. The maximum atomic E-state index is 12.5. The number of fused-ring (bicyclic) bond motifs is 1. The van der Waals surface area contributed by atoms with Gasteiger partial charge in [0.05, 0.1) is 32.4 Å². The van der Waals surface area contributed by atoms with Crippen LogP contribution in [0.3, 0.4) is 0 Å². The van der Waals surface area contributed by atoms with Crippen molar-refractivity contribution in [3.63, 3.8) is 0 Å². The molecule has 192 valence electrons. The van der Waals surface area contributed by atoms with Gasteiger partial charge in [0.25, 0.3) is 0 Å². The van der Waals surface area contributed by atoms with E-state index in [1.165, 1.54) is 0 Å². The molecule has 0 amide bonds. The predicted molar refractivity (Wildman–Crippen MR) is 144 cm³/mol. The van der Waals surface area contributed by atoms with Crippen molar-refractivity contribution in [1.29, 1.82) is 0 Å². The summed E-state index contributed by atoms with van der Waals surface area (Å²) in [5, 5.41) is 11.3. The van der Waals surface area contributed by atoms with Gasteiger partial charge in [0, 0.05) is 11.1 Å². The Bertz CT molecular complexity index is 1180. The number of esters is 2. The molecule has 36 heavy (non-hydrogen) atoms. The summed E-state index contributed by atoms with van der Waals surface area (Å²) in [6.45, 7) is 14.8. The molecule has 2 atom stereocenters. The lowest BCUT2D eigenvalue weighted by molar-refractivity contribution is -0.150. The molecule has 0 radical (unpaired) electrons. The number of benzene rings is 2.